The average Bonchev–Trinajstić information content (AvgIpc) is 3.37. The maximum absolute atomic E-state index is 12.9. The maximum atomic E-state index is 12.9. The molecule has 0 aliphatic rings. The lowest BCUT2D eigenvalue weighted by Gasteiger charge is -2.01. The van der Waals surface area contributed by atoms with Gasteiger partial charge in [0.15, 0.2) is 5.69 Å². The molecule has 0 atom stereocenters. The summed E-state index contributed by atoms with van der Waals surface area (Å²) in [6.45, 7) is 1.71. The summed E-state index contributed by atoms with van der Waals surface area (Å²) < 4.78 is 6.52. The second kappa shape index (κ2) is 8.32. The van der Waals surface area contributed by atoms with Crippen molar-refractivity contribution in [1.29, 1.82) is 0 Å². The number of aromatic nitrogens is 3. The highest BCUT2D eigenvalue weighted by Crippen LogP contribution is 2.29. The summed E-state index contributed by atoms with van der Waals surface area (Å²) in [7, 11) is 1.53. The SMILES string of the molecule is COc1ccccc1N=Nc1c(C)[nH]n(-c2nc(-c3cccc([N+](=O)[O-])c3)cs2)c1=O. The van der Waals surface area contributed by atoms with Crippen LogP contribution in [0.4, 0.5) is 17.1 Å². The molecule has 0 bridgehead atoms. The molecule has 156 valence electrons. The predicted octanol–water partition coefficient (Wildman–Crippen LogP) is 4.93. The topological polar surface area (TPSA) is 128 Å². The van der Waals surface area contributed by atoms with Crippen molar-refractivity contribution >= 4 is 28.4 Å². The number of thiazole rings is 1. The molecular formula is C20H16N6O4S. The largest absolute Gasteiger partial charge is 0.494 e. The number of rotatable bonds is 6. The molecule has 2 heterocycles. The molecule has 0 saturated heterocycles. The normalized spacial score (nSPS) is 11.2. The van der Waals surface area contributed by atoms with E-state index in [4.69, 9.17) is 4.74 Å². The zero-order valence-corrected chi connectivity index (χ0v) is 17.3. The fourth-order valence-corrected chi connectivity index (χ4v) is 3.68. The van der Waals surface area contributed by atoms with Crippen LogP contribution in [0.25, 0.3) is 16.4 Å². The second-order valence-electron chi connectivity index (χ2n) is 6.42. The van der Waals surface area contributed by atoms with Crippen LogP contribution in [0.5, 0.6) is 5.75 Å². The number of hydrogen-bond acceptors (Lipinski definition) is 8. The molecule has 0 radical (unpaired) electrons. The molecule has 11 heteroatoms. The lowest BCUT2D eigenvalue weighted by molar-refractivity contribution is -0.384. The number of aromatic amines is 1. The number of H-pyrrole nitrogens is 1. The highest BCUT2D eigenvalue weighted by atomic mass is 32.1. The van der Waals surface area contributed by atoms with Crippen molar-refractivity contribution in [3.63, 3.8) is 0 Å². The number of benzene rings is 2. The summed E-state index contributed by atoms with van der Waals surface area (Å²) in [6, 6.07) is 13.3. The van der Waals surface area contributed by atoms with Crippen LogP contribution < -0.4 is 10.3 Å². The Morgan fingerprint density at radius 1 is 1.19 bits per heavy atom. The van der Waals surface area contributed by atoms with E-state index in [0.29, 0.717) is 33.5 Å². The van der Waals surface area contributed by atoms with E-state index in [2.05, 4.69) is 20.3 Å². The van der Waals surface area contributed by atoms with E-state index in [1.807, 2.05) is 6.07 Å². The third-order valence-electron chi connectivity index (χ3n) is 4.42. The van der Waals surface area contributed by atoms with Crippen LogP contribution in [0.15, 0.2) is 68.9 Å². The summed E-state index contributed by atoms with van der Waals surface area (Å²) in [6.07, 6.45) is 0. The minimum absolute atomic E-state index is 0.0287. The zero-order chi connectivity index (χ0) is 22.0. The number of nitro benzene ring substituents is 1. The molecule has 0 unspecified atom stereocenters. The third kappa shape index (κ3) is 3.98. The molecule has 4 rings (SSSR count). The summed E-state index contributed by atoms with van der Waals surface area (Å²) in [4.78, 5) is 27.9. The van der Waals surface area contributed by atoms with E-state index < -0.39 is 10.5 Å². The van der Waals surface area contributed by atoms with Gasteiger partial charge >= 0.3 is 5.56 Å². The summed E-state index contributed by atoms with van der Waals surface area (Å²) in [5.41, 5.74) is 1.85. The van der Waals surface area contributed by atoms with E-state index >= 15 is 0 Å². The molecule has 4 aromatic rings. The van der Waals surface area contributed by atoms with Crippen LogP contribution in [0.1, 0.15) is 5.69 Å². The molecule has 0 amide bonds. The van der Waals surface area contributed by atoms with E-state index in [0.717, 1.165) is 0 Å². The van der Waals surface area contributed by atoms with Crippen molar-refractivity contribution in [3.05, 3.63) is 80.1 Å². The number of para-hydroxylation sites is 1. The number of nitrogens with zero attached hydrogens (tertiary/aromatic N) is 5. The van der Waals surface area contributed by atoms with E-state index in [-0.39, 0.29) is 11.4 Å². The highest BCUT2D eigenvalue weighted by Gasteiger charge is 2.16. The molecule has 0 fully saturated rings. The van der Waals surface area contributed by atoms with Crippen molar-refractivity contribution in [1.82, 2.24) is 14.8 Å². The van der Waals surface area contributed by atoms with Gasteiger partial charge in [-0.25, -0.2) is 4.98 Å². The minimum atomic E-state index is -0.464. The van der Waals surface area contributed by atoms with Gasteiger partial charge in [-0.2, -0.15) is 4.68 Å². The van der Waals surface area contributed by atoms with Gasteiger partial charge in [-0.3, -0.25) is 20.0 Å². The Morgan fingerprint density at radius 3 is 2.77 bits per heavy atom. The molecule has 10 nitrogen and oxygen atoms in total. The van der Waals surface area contributed by atoms with Gasteiger partial charge in [-0.1, -0.05) is 24.3 Å². The standard InChI is InChI=1S/C20H16N6O4S/c1-12-18(23-22-15-8-3-4-9-17(15)30-2)19(27)25(24-12)20-21-16(11-31-20)13-6-5-7-14(10-13)26(28)29/h3-11,24H,1-2H3. The van der Waals surface area contributed by atoms with E-state index in [9.17, 15) is 14.9 Å². The minimum Gasteiger partial charge on any atom is -0.494 e. The number of nitro groups is 1. The summed E-state index contributed by atoms with van der Waals surface area (Å²) in [5.74, 6) is 0.543. The molecule has 0 saturated carbocycles. The Morgan fingerprint density at radius 2 is 2.00 bits per heavy atom. The highest BCUT2D eigenvalue weighted by molar-refractivity contribution is 7.12. The van der Waals surface area contributed by atoms with Crippen LogP contribution in [0, 0.1) is 17.0 Å². The number of aryl methyl sites for hydroxylation is 1. The molecule has 31 heavy (non-hydrogen) atoms. The third-order valence-corrected chi connectivity index (χ3v) is 5.25. The molecule has 0 aliphatic carbocycles. The Labute approximate surface area is 179 Å². The molecule has 0 aliphatic heterocycles. The molecule has 2 aromatic carbocycles. The monoisotopic (exact) mass is 436 g/mol. The Kier molecular flexibility index (Phi) is 5.41. The van der Waals surface area contributed by atoms with Crippen LogP contribution >= 0.6 is 11.3 Å². The smallest absolute Gasteiger partial charge is 0.301 e. The summed E-state index contributed by atoms with van der Waals surface area (Å²) in [5, 5.41) is 24.3. The van der Waals surface area contributed by atoms with Crippen molar-refractivity contribution in [2.75, 3.05) is 7.11 Å². The van der Waals surface area contributed by atoms with Gasteiger partial charge in [0.2, 0.25) is 5.13 Å². The number of hydrogen-bond donors (Lipinski definition) is 1. The van der Waals surface area contributed by atoms with Gasteiger partial charge in [-0.15, -0.1) is 21.6 Å². The quantitative estimate of drug-likeness (QED) is 0.260. The van der Waals surface area contributed by atoms with Gasteiger partial charge in [0, 0.05) is 23.1 Å². The van der Waals surface area contributed by atoms with Crippen LogP contribution in [0.3, 0.4) is 0 Å². The number of non-ortho nitro benzene ring substituents is 1. The maximum Gasteiger partial charge on any atom is 0.301 e. The first-order chi connectivity index (χ1) is 15.0. The van der Waals surface area contributed by atoms with Gasteiger partial charge in [-0.05, 0) is 19.1 Å². The zero-order valence-electron chi connectivity index (χ0n) is 16.5. The Balaban J connectivity index is 1.67. The van der Waals surface area contributed by atoms with Gasteiger partial charge in [0.05, 0.1) is 23.4 Å². The first-order valence-corrected chi connectivity index (χ1v) is 9.93. The second-order valence-corrected chi connectivity index (χ2v) is 7.26. The first-order valence-electron chi connectivity index (χ1n) is 9.05. The lowest BCUT2D eigenvalue weighted by Crippen LogP contribution is -2.13. The first kappa shape index (κ1) is 20.2. The molecule has 1 N–H and O–H groups in total. The molecule has 2 aromatic heterocycles. The van der Waals surface area contributed by atoms with Crippen LogP contribution in [-0.2, 0) is 0 Å². The van der Waals surface area contributed by atoms with Crippen molar-refractivity contribution in [2.24, 2.45) is 10.2 Å². The van der Waals surface area contributed by atoms with Gasteiger partial charge in [0.25, 0.3) is 5.69 Å². The van der Waals surface area contributed by atoms with Gasteiger partial charge < -0.3 is 4.74 Å². The number of methoxy groups -OCH3 is 1. The van der Waals surface area contributed by atoms with Crippen LogP contribution in [-0.4, -0.2) is 26.8 Å². The average molecular weight is 436 g/mol. The Hall–Kier alpha value is -4.12. The van der Waals surface area contributed by atoms with E-state index in [1.165, 1.54) is 35.3 Å². The Bertz CT molecular complexity index is 1350. The molecular weight excluding hydrogens is 420 g/mol. The molecule has 0 spiro atoms. The van der Waals surface area contributed by atoms with Crippen molar-refractivity contribution in [3.8, 4) is 22.1 Å². The van der Waals surface area contributed by atoms with Gasteiger partial charge in [0.1, 0.15) is 11.4 Å². The van der Waals surface area contributed by atoms with Crippen molar-refractivity contribution in [2.45, 2.75) is 6.92 Å². The lowest BCUT2D eigenvalue weighted by atomic mass is 10.1. The van der Waals surface area contributed by atoms with E-state index in [1.54, 1.807) is 42.6 Å². The fourth-order valence-electron chi connectivity index (χ4n) is 2.88. The number of ether oxygens (including phenoxy) is 1. The summed E-state index contributed by atoms with van der Waals surface area (Å²) >= 11 is 1.23. The fraction of sp³-hybridized carbons (Fsp3) is 0.100. The number of nitrogens with one attached hydrogen (secondary N) is 1. The van der Waals surface area contributed by atoms with Crippen molar-refractivity contribution < 1.29 is 9.66 Å². The number of azo groups is 1. The van der Waals surface area contributed by atoms with Crippen LogP contribution in [0.2, 0.25) is 0 Å². The predicted molar refractivity (Wildman–Crippen MR) is 116 cm³/mol.